The minimum Gasteiger partial charge on any atom is -0.444 e. The average Bonchev–Trinajstić information content (AvgIpc) is 2.76. The molecule has 0 spiro atoms. The number of amides is 3. The van der Waals surface area contributed by atoms with Gasteiger partial charge in [0.1, 0.15) is 17.7 Å². The fourth-order valence-electron chi connectivity index (χ4n) is 4.22. The van der Waals surface area contributed by atoms with E-state index >= 15 is 0 Å². The minimum atomic E-state index is -0.782. The Labute approximate surface area is 208 Å². The van der Waals surface area contributed by atoms with E-state index in [-0.39, 0.29) is 24.3 Å². The first-order valence-corrected chi connectivity index (χ1v) is 12.1. The first kappa shape index (κ1) is 26.3. The van der Waals surface area contributed by atoms with Crippen molar-refractivity contribution in [3.8, 4) is 0 Å². The summed E-state index contributed by atoms with van der Waals surface area (Å²) >= 11 is 0. The molecule has 0 radical (unpaired) electrons. The van der Waals surface area contributed by atoms with Crippen molar-refractivity contribution in [3.05, 3.63) is 64.7 Å². The normalized spacial score (nSPS) is 16.3. The van der Waals surface area contributed by atoms with E-state index in [0.717, 1.165) is 22.3 Å². The van der Waals surface area contributed by atoms with Gasteiger partial charge < -0.3 is 15.4 Å². The van der Waals surface area contributed by atoms with Crippen molar-refractivity contribution in [1.29, 1.82) is 0 Å². The van der Waals surface area contributed by atoms with Gasteiger partial charge in [-0.1, -0.05) is 55.8 Å². The number of ether oxygens (including phenoxy) is 1. The second-order valence-electron chi connectivity index (χ2n) is 10.6. The van der Waals surface area contributed by atoms with Gasteiger partial charge >= 0.3 is 6.09 Å². The maximum Gasteiger partial charge on any atom is 0.411 e. The first-order chi connectivity index (χ1) is 16.4. The summed E-state index contributed by atoms with van der Waals surface area (Å²) in [6.07, 6.45) is -0.196. The predicted octanol–water partition coefficient (Wildman–Crippen LogP) is 4.74. The van der Waals surface area contributed by atoms with Crippen molar-refractivity contribution in [2.75, 3.05) is 5.32 Å². The van der Waals surface area contributed by atoms with E-state index < -0.39 is 23.8 Å². The summed E-state index contributed by atoms with van der Waals surface area (Å²) in [5.41, 5.74) is 4.06. The monoisotopic (exact) mass is 479 g/mol. The smallest absolute Gasteiger partial charge is 0.411 e. The fourth-order valence-corrected chi connectivity index (χ4v) is 4.22. The molecule has 0 aliphatic carbocycles. The molecule has 3 rings (SSSR count). The van der Waals surface area contributed by atoms with Gasteiger partial charge in [0.25, 0.3) is 0 Å². The quantitative estimate of drug-likeness (QED) is 0.648. The molecule has 7 heteroatoms. The van der Waals surface area contributed by atoms with Crippen LogP contribution in [0.4, 0.5) is 10.5 Å². The SMILES string of the molecule is Cc1ccc(NC(=O)[C@H](NC(=O)[C@@H]2Cc3ccccc3CN2C(=O)OC(C)(C)C)C(C)C)c(C)c1. The summed E-state index contributed by atoms with van der Waals surface area (Å²) in [5, 5.41) is 5.86. The minimum absolute atomic E-state index is 0.157. The lowest BCUT2D eigenvalue weighted by molar-refractivity contribution is -0.131. The van der Waals surface area contributed by atoms with Gasteiger partial charge in [-0.2, -0.15) is 0 Å². The molecule has 0 saturated carbocycles. The predicted molar refractivity (Wildman–Crippen MR) is 137 cm³/mol. The summed E-state index contributed by atoms with van der Waals surface area (Å²) in [7, 11) is 0. The fraction of sp³-hybridized carbons (Fsp3) is 0.464. The van der Waals surface area contributed by atoms with Crippen LogP contribution in [0, 0.1) is 19.8 Å². The van der Waals surface area contributed by atoms with E-state index in [0.29, 0.717) is 12.1 Å². The highest BCUT2D eigenvalue weighted by Crippen LogP contribution is 2.26. The van der Waals surface area contributed by atoms with Gasteiger partial charge in [-0.3, -0.25) is 14.5 Å². The summed E-state index contributed by atoms with van der Waals surface area (Å²) in [6.45, 7) is 13.4. The van der Waals surface area contributed by atoms with Gasteiger partial charge in [0.15, 0.2) is 0 Å². The van der Waals surface area contributed by atoms with Gasteiger partial charge in [-0.05, 0) is 63.3 Å². The highest BCUT2D eigenvalue weighted by atomic mass is 16.6. The summed E-state index contributed by atoms with van der Waals surface area (Å²) in [6, 6.07) is 12.0. The second-order valence-corrected chi connectivity index (χ2v) is 10.6. The van der Waals surface area contributed by atoms with Crippen LogP contribution in [0.5, 0.6) is 0 Å². The lowest BCUT2D eigenvalue weighted by Gasteiger charge is -2.37. The van der Waals surface area contributed by atoms with E-state index in [4.69, 9.17) is 4.74 Å². The van der Waals surface area contributed by atoms with Gasteiger partial charge in [0.2, 0.25) is 11.8 Å². The molecule has 3 amide bonds. The molecule has 0 saturated heterocycles. The summed E-state index contributed by atoms with van der Waals surface area (Å²) in [4.78, 5) is 41.2. The van der Waals surface area contributed by atoms with Crippen LogP contribution in [0.15, 0.2) is 42.5 Å². The van der Waals surface area contributed by atoms with Crippen molar-refractivity contribution < 1.29 is 19.1 Å². The molecule has 2 atom stereocenters. The Bertz CT molecular complexity index is 1100. The highest BCUT2D eigenvalue weighted by molar-refractivity contribution is 5.99. The second kappa shape index (κ2) is 10.5. The number of rotatable bonds is 5. The molecule has 0 aromatic heterocycles. The highest BCUT2D eigenvalue weighted by Gasteiger charge is 2.38. The van der Waals surface area contributed by atoms with E-state index in [2.05, 4.69) is 10.6 Å². The van der Waals surface area contributed by atoms with Crippen LogP contribution in [-0.2, 0) is 27.3 Å². The number of hydrogen-bond acceptors (Lipinski definition) is 4. The van der Waals surface area contributed by atoms with Crippen molar-refractivity contribution >= 4 is 23.6 Å². The number of carbonyl (C=O) groups excluding carboxylic acids is 3. The number of nitrogens with zero attached hydrogens (tertiary/aromatic N) is 1. The third-order valence-electron chi connectivity index (χ3n) is 6.07. The Morgan fingerprint density at radius 1 is 1.03 bits per heavy atom. The number of nitrogens with one attached hydrogen (secondary N) is 2. The first-order valence-electron chi connectivity index (χ1n) is 12.1. The zero-order valence-electron chi connectivity index (χ0n) is 21.8. The van der Waals surface area contributed by atoms with Gasteiger partial charge in [-0.15, -0.1) is 0 Å². The maximum absolute atomic E-state index is 13.5. The lowest BCUT2D eigenvalue weighted by Crippen LogP contribution is -2.57. The molecule has 1 heterocycles. The third kappa shape index (κ3) is 6.62. The van der Waals surface area contributed by atoms with E-state index in [9.17, 15) is 14.4 Å². The van der Waals surface area contributed by atoms with Crippen molar-refractivity contribution in [1.82, 2.24) is 10.2 Å². The van der Waals surface area contributed by atoms with Crippen LogP contribution in [0.25, 0.3) is 0 Å². The average molecular weight is 480 g/mol. The number of fused-ring (bicyclic) bond motifs is 1. The molecule has 2 aromatic rings. The maximum atomic E-state index is 13.5. The molecule has 0 unspecified atom stereocenters. The van der Waals surface area contributed by atoms with Gasteiger partial charge in [0.05, 0.1) is 6.54 Å². The Morgan fingerprint density at radius 3 is 2.29 bits per heavy atom. The van der Waals surface area contributed by atoms with Crippen LogP contribution in [0.3, 0.4) is 0 Å². The number of anilines is 1. The topological polar surface area (TPSA) is 87.7 Å². The number of hydrogen-bond donors (Lipinski definition) is 2. The molecule has 1 aliphatic heterocycles. The van der Waals surface area contributed by atoms with E-state index in [1.807, 2.05) is 70.2 Å². The Morgan fingerprint density at radius 2 is 1.69 bits per heavy atom. The molecule has 35 heavy (non-hydrogen) atoms. The Kier molecular flexibility index (Phi) is 7.88. The number of aryl methyl sites for hydroxylation is 2. The van der Waals surface area contributed by atoms with Gasteiger partial charge in [0, 0.05) is 12.1 Å². The van der Waals surface area contributed by atoms with Crippen molar-refractivity contribution in [3.63, 3.8) is 0 Å². The molecule has 0 fully saturated rings. The largest absolute Gasteiger partial charge is 0.444 e. The molecule has 1 aliphatic rings. The molecule has 7 nitrogen and oxygen atoms in total. The van der Waals surface area contributed by atoms with Crippen molar-refractivity contribution in [2.45, 2.75) is 79.1 Å². The Hall–Kier alpha value is -3.35. The summed E-state index contributed by atoms with van der Waals surface area (Å²) in [5.74, 6) is -0.823. The summed E-state index contributed by atoms with van der Waals surface area (Å²) < 4.78 is 5.60. The zero-order valence-corrected chi connectivity index (χ0v) is 21.8. The van der Waals surface area contributed by atoms with Crippen LogP contribution < -0.4 is 10.6 Å². The molecular weight excluding hydrogens is 442 g/mol. The molecule has 0 bridgehead atoms. The lowest BCUT2D eigenvalue weighted by atomic mass is 9.93. The van der Waals surface area contributed by atoms with Crippen LogP contribution in [-0.4, -0.2) is 40.5 Å². The van der Waals surface area contributed by atoms with Crippen LogP contribution in [0.2, 0.25) is 0 Å². The number of benzene rings is 2. The number of carbonyl (C=O) groups is 3. The van der Waals surface area contributed by atoms with Gasteiger partial charge in [-0.25, -0.2) is 4.79 Å². The third-order valence-corrected chi connectivity index (χ3v) is 6.07. The van der Waals surface area contributed by atoms with Crippen LogP contribution >= 0.6 is 0 Å². The van der Waals surface area contributed by atoms with Crippen LogP contribution in [0.1, 0.15) is 56.9 Å². The molecule has 2 aromatic carbocycles. The zero-order chi connectivity index (χ0) is 25.9. The molecule has 2 N–H and O–H groups in total. The van der Waals surface area contributed by atoms with E-state index in [1.165, 1.54) is 4.90 Å². The molecular formula is C28H37N3O4. The van der Waals surface area contributed by atoms with Crippen molar-refractivity contribution in [2.24, 2.45) is 5.92 Å². The standard InChI is InChI=1S/C28H37N3O4/c1-17(2)24(26(33)29-22-13-12-18(3)14-19(22)4)30-25(32)23-15-20-10-8-9-11-21(20)16-31(23)27(34)35-28(5,6)7/h8-14,17,23-24H,15-16H2,1-7H3,(H,29,33)(H,30,32)/t23-,24+/m0/s1. The Balaban J connectivity index is 1.82. The molecule has 188 valence electrons. The van der Waals surface area contributed by atoms with E-state index in [1.54, 1.807) is 20.8 Å².